The molecule has 3 N–H and O–H groups in total. The molecule has 5 heteroatoms. The van der Waals surface area contributed by atoms with Crippen LogP contribution in [0.4, 0.5) is 4.39 Å². The number of halogens is 1. The molecule has 2 rings (SSSR count). The molecule has 0 bridgehead atoms. The van der Waals surface area contributed by atoms with Gasteiger partial charge in [0.15, 0.2) is 0 Å². The van der Waals surface area contributed by atoms with Gasteiger partial charge in [-0.25, -0.2) is 4.39 Å². The van der Waals surface area contributed by atoms with Gasteiger partial charge in [0.1, 0.15) is 5.82 Å². The summed E-state index contributed by atoms with van der Waals surface area (Å²) in [7, 11) is 0. The number of nitrogens with zero attached hydrogens (tertiary/aromatic N) is 1. The second kappa shape index (κ2) is 6.63. The van der Waals surface area contributed by atoms with Gasteiger partial charge in [-0.1, -0.05) is 12.1 Å². The van der Waals surface area contributed by atoms with E-state index in [4.69, 9.17) is 5.73 Å². The summed E-state index contributed by atoms with van der Waals surface area (Å²) >= 11 is 0. The van der Waals surface area contributed by atoms with E-state index in [2.05, 4.69) is 10.2 Å². The van der Waals surface area contributed by atoms with Crippen molar-refractivity contribution in [1.82, 2.24) is 10.2 Å². The molecule has 0 aliphatic carbocycles. The minimum Gasteiger partial charge on any atom is -0.355 e. The van der Waals surface area contributed by atoms with Crippen LogP contribution in [-0.4, -0.2) is 43.0 Å². The predicted molar refractivity (Wildman–Crippen MR) is 72.1 cm³/mol. The molecular formula is C14H20FN3O. The Morgan fingerprint density at radius 3 is 2.79 bits per heavy atom. The van der Waals surface area contributed by atoms with Gasteiger partial charge in [0.2, 0.25) is 5.91 Å². The molecule has 1 aliphatic heterocycles. The smallest absolute Gasteiger partial charge is 0.234 e. The average molecular weight is 265 g/mol. The molecule has 1 saturated heterocycles. The maximum Gasteiger partial charge on any atom is 0.234 e. The average Bonchev–Trinajstić information content (AvgIpc) is 2.77. The quantitative estimate of drug-likeness (QED) is 0.816. The summed E-state index contributed by atoms with van der Waals surface area (Å²) in [5.74, 6) is -0.214. The van der Waals surface area contributed by atoms with E-state index in [1.54, 1.807) is 12.1 Å². The summed E-state index contributed by atoms with van der Waals surface area (Å²) in [5, 5.41) is 2.87. The number of amides is 1. The molecule has 1 fully saturated rings. The zero-order valence-electron chi connectivity index (χ0n) is 10.9. The first-order chi connectivity index (χ1) is 9.13. The van der Waals surface area contributed by atoms with Crippen molar-refractivity contribution in [2.24, 2.45) is 5.73 Å². The summed E-state index contributed by atoms with van der Waals surface area (Å²) in [4.78, 5) is 13.8. The van der Waals surface area contributed by atoms with Crippen molar-refractivity contribution in [1.29, 1.82) is 0 Å². The molecule has 0 aromatic heterocycles. The highest BCUT2D eigenvalue weighted by atomic mass is 19.1. The van der Waals surface area contributed by atoms with Gasteiger partial charge in [0.25, 0.3) is 0 Å². The first-order valence-electron chi connectivity index (χ1n) is 6.62. The van der Waals surface area contributed by atoms with E-state index in [-0.39, 0.29) is 17.8 Å². The Balaban J connectivity index is 1.65. The Kier molecular flexibility index (Phi) is 4.87. The van der Waals surface area contributed by atoms with E-state index in [9.17, 15) is 9.18 Å². The summed E-state index contributed by atoms with van der Waals surface area (Å²) in [6.45, 7) is 2.68. The first kappa shape index (κ1) is 14.0. The number of benzene rings is 1. The fraction of sp³-hybridized carbons (Fsp3) is 0.500. The van der Waals surface area contributed by atoms with Crippen molar-refractivity contribution in [3.63, 3.8) is 0 Å². The molecule has 0 spiro atoms. The minimum absolute atomic E-state index is 0.0243. The summed E-state index contributed by atoms with van der Waals surface area (Å²) in [6.07, 6.45) is 1.67. The number of nitrogens with one attached hydrogen (secondary N) is 1. The Labute approximate surface area is 112 Å². The first-order valence-corrected chi connectivity index (χ1v) is 6.62. The van der Waals surface area contributed by atoms with E-state index in [0.717, 1.165) is 25.1 Å². The van der Waals surface area contributed by atoms with Crippen LogP contribution in [0.5, 0.6) is 0 Å². The van der Waals surface area contributed by atoms with Crippen molar-refractivity contribution >= 4 is 5.91 Å². The van der Waals surface area contributed by atoms with Crippen LogP contribution in [0.15, 0.2) is 24.3 Å². The fourth-order valence-corrected chi connectivity index (χ4v) is 2.26. The number of hydrogen-bond donors (Lipinski definition) is 2. The normalized spacial score (nSPS) is 19.6. The molecule has 19 heavy (non-hydrogen) atoms. The zero-order chi connectivity index (χ0) is 13.7. The van der Waals surface area contributed by atoms with Crippen LogP contribution in [0.25, 0.3) is 0 Å². The van der Waals surface area contributed by atoms with Crippen LogP contribution in [0.1, 0.15) is 12.0 Å². The van der Waals surface area contributed by atoms with Crippen LogP contribution in [0.3, 0.4) is 0 Å². The third kappa shape index (κ3) is 4.61. The second-order valence-corrected chi connectivity index (χ2v) is 5.01. The van der Waals surface area contributed by atoms with Gasteiger partial charge in [-0.05, 0) is 30.5 Å². The van der Waals surface area contributed by atoms with E-state index >= 15 is 0 Å². The Bertz CT molecular complexity index is 421. The van der Waals surface area contributed by atoms with Gasteiger partial charge in [-0.15, -0.1) is 0 Å². The monoisotopic (exact) mass is 265 g/mol. The lowest BCUT2D eigenvalue weighted by Gasteiger charge is -2.14. The van der Waals surface area contributed by atoms with Crippen molar-refractivity contribution in [2.45, 2.75) is 18.9 Å². The van der Waals surface area contributed by atoms with Crippen LogP contribution >= 0.6 is 0 Å². The lowest BCUT2D eigenvalue weighted by atomic mass is 10.1. The molecule has 1 aromatic rings. The number of carbonyl (C=O) groups is 1. The van der Waals surface area contributed by atoms with Crippen molar-refractivity contribution in [3.8, 4) is 0 Å². The maximum absolute atomic E-state index is 12.7. The predicted octanol–water partition coefficient (Wildman–Crippen LogP) is 0.517. The Morgan fingerprint density at radius 2 is 2.16 bits per heavy atom. The fourth-order valence-electron chi connectivity index (χ4n) is 2.26. The summed E-state index contributed by atoms with van der Waals surface area (Å²) in [6, 6.07) is 6.54. The van der Waals surface area contributed by atoms with Gasteiger partial charge in [-0.3, -0.25) is 9.69 Å². The van der Waals surface area contributed by atoms with Crippen LogP contribution < -0.4 is 11.1 Å². The van der Waals surface area contributed by atoms with E-state index in [0.29, 0.717) is 19.5 Å². The largest absolute Gasteiger partial charge is 0.355 e. The molecule has 104 valence electrons. The molecule has 4 nitrogen and oxygen atoms in total. The SMILES string of the molecule is NC1CCN(CC(=O)NCCc2ccc(F)cc2)C1. The lowest BCUT2D eigenvalue weighted by Crippen LogP contribution is -2.38. The van der Waals surface area contributed by atoms with Gasteiger partial charge < -0.3 is 11.1 Å². The molecule has 0 radical (unpaired) electrons. The molecule has 0 saturated carbocycles. The number of likely N-dealkylation sites (tertiary alicyclic amines) is 1. The molecule has 1 heterocycles. The highest BCUT2D eigenvalue weighted by Gasteiger charge is 2.20. The number of carbonyl (C=O) groups excluding carboxylic acids is 1. The molecule has 1 aliphatic rings. The van der Waals surface area contributed by atoms with Crippen LogP contribution in [-0.2, 0) is 11.2 Å². The van der Waals surface area contributed by atoms with E-state index in [1.165, 1.54) is 12.1 Å². The molecule has 1 unspecified atom stereocenters. The molecule has 1 aromatic carbocycles. The highest BCUT2D eigenvalue weighted by Crippen LogP contribution is 2.06. The Morgan fingerprint density at radius 1 is 1.42 bits per heavy atom. The third-order valence-electron chi connectivity index (χ3n) is 3.33. The van der Waals surface area contributed by atoms with Crippen molar-refractivity contribution < 1.29 is 9.18 Å². The second-order valence-electron chi connectivity index (χ2n) is 5.01. The summed E-state index contributed by atoms with van der Waals surface area (Å²) < 4.78 is 12.7. The van der Waals surface area contributed by atoms with E-state index < -0.39 is 0 Å². The maximum atomic E-state index is 12.7. The van der Waals surface area contributed by atoms with Crippen molar-refractivity contribution in [2.75, 3.05) is 26.2 Å². The highest BCUT2D eigenvalue weighted by molar-refractivity contribution is 5.78. The minimum atomic E-state index is -0.238. The number of rotatable bonds is 5. The van der Waals surface area contributed by atoms with Gasteiger partial charge >= 0.3 is 0 Å². The zero-order valence-corrected chi connectivity index (χ0v) is 10.9. The summed E-state index contributed by atoms with van der Waals surface area (Å²) in [5.41, 5.74) is 6.80. The standard InChI is InChI=1S/C14H20FN3O/c15-12-3-1-11(2-4-12)5-7-17-14(19)10-18-8-6-13(16)9-18/h1-4,13H,5-10,16H2,(H,17,19). The van der Waals surface area contributed by atoms with Crippen LogP contribution in [0.2, 0.25) is 0 Å². The van der Waals surface area contributed by atoms with E-state index in [1.807, 2.05) is 0 Å². The van der Waals surface area contributed by atoms with Gasteiger partial charge in [0.05, 0.1) is 6.54 Å². The topological polar surface area (TPSA) is 58.4 Å². The Hall–Kier alpha value is -1.46. The lowest BCUT2D eigenvalue weighted by molar-refractivity contribution is -0.121. The number of nitrogens with two attached hydrogens (primary N) is 1. The van der Waals surface area contributed by atoms with Crippen LogP contribution in [0, 0.1) is 5.82 Å². The molecule has 1 atom stereocenters. The molecule has 1 amide bonds. The molecular weight excluding hydrogens is 245 g/mol. The van der Waals surface area contributed by atoms with Gasteiger partial charge in [-0.2, -0.15) is 0 Å². The number of hydrogen-bond acceptors (Lipinski definition) is 3. The van der Waals surface area contributed by atoms with Gasteiger partial charge in [0, 0.05) is 25.7 Å². The van der Waals surface area contributed by atoms with Crippen molar-refractivity contribution in [3.05, 3.63) is 35.6 Å². The third-order valence-corrected chi connectivity index (χ3v) is 3.33.